The predicted molar refractivity (Wildman–Crippen MR) is 73.3 cm³/mol. The third kappa shape index (κ3) is 4.20. The summed E-state index contributed by atoms with van der Waals surface area (Å²) in [6.45, 7) is 0.0958. The number of rotatable bonds is 5. The minimum atomic E-state index is -0.801. The van der Waals surface area contributed by atoms with Gasteiger partial charge < -0.3 is 21.1 Å². The van der Waals surface area contributed by atoms with Crippen LogP contribution in [0.4, 0.5) is 5.69 Å². The average molecular weight is 286 g/mol. The summed E-state index contributed by atoms with van der Waals surface area (Å²) in [6.07, 6.45) is 0. The molecule has 0 saturated heterocycles. The van der Waals surface area contributed by atoms with E-state index in [0.717, 1.165) is 0 Å². The first-order chi connectivity index (χ1) is 8.99. The Morgan fingerprint density at radius 3 is 2.74 bits per heavy atom. The van der Waals surface area contributed by atoms with Crippen LogP contribution in [0, 0.1) is 0 Å². The zero-order chi connectivity index (χ0) is 14.4. The Hall–Kier alpha value is -1.63. The number of nitrogens with two attached hydrogens (primary N) is 1. The van der Waals surface area contributed by atoms with Crippen LogP contribution in [-0.4, -0.2) is 38.6 Å². The van der Waals surface area contributed by atoms with Crippen LogP contribution >= 0.6 is 11.6 Å². The molecule has 1 aromatic rings. The van der Waals surface area contributed by atoms with Crippen molar-refractivity contribution in [2.75, 3.05) is 26.1 Å². The zero-order valence-corrected chi connectivity index (χ0v) is 11.5. The van der Waals surface area contributed by atoms with Gasteiger partial charge in [-0.1, -0.05) is 11.6 Å². The highest BCUT2D eigenvalue weighted by molar-refractivity contribution is 6.34. The van der Waals surface area contributed by atoms with Gasteiger partial charge in [0.05, 0.1) is 17.3 Å². The summed E-state index contributed by atoms with van der Waals surface area (Å²) in [7, 11) is 2.97. The van der Waals surface area contributed by atoms with E-state index in [1.54, 1.807) is 6.07 Å². The lowest BCUT2D eigenvalue weighted by atomic mass is 10.2. The highest BCUT2D eigenvalue weighted by Crippen LogP contribution is 2.23. The third-order valence-corrected chi connectivity index (χ3v) is 2.73. The number of anilines is 1. The second-order valence-electron chi connectivity index (χ2n) is 3.82. The number of ether oxygens (including phenoxy) is 1. The van der Waals surface area contributed by atoms with Crippen molar-refractivity contribution in [3.8, 4) is 0 Å². The molecule has 0 aromatic heterocycles. The summed E-state index contributed by atoms with van der Waals surface area (Å²) in [4.78, 5) is 23.2. The van der Waals surface area contributed by atoms with Gasteiger partial charge in [0.15, 0.2) is 0 Å². The molecule has 0 radical (unpaired) electrons. The van der Waals surface area contributed by atoms with Crippen LogP contribution < -0.4 is 16.4 Å². The molecular weight excluding hydrogens is 270 g/mol. The zero-order valence-electron chi connectivity index (χ0n) is 10.7. The summed E-state index contributed by atoms with van der Waals surface area (Å²) < 4.78 is 4.79. The lowest BCUT2D eigenvalue weighted by Crippen LogP contribution is -2.39. The van der Waals surface area contributed by atoms with Gasteiger partial charge in [-0.25, -0.2) is 0 Å². The number of halogens is 1. The first kappa shape index (κ1) is 15.4. The summed E-state index contributed by atoms with van der Waals surface area (Å²) in [5.74, 6) is -0.703. The maximum atomic E-state index is 11.7. The number of methoxy groups -OCH3 is 1. The van der Waals surface area contributed by atoms with Crippen LogP contribution in [0.25, 0.3) is 0 Å². The van der Waals surface area contributed by atoms with Gasteiger partial charge in [0.2, 0.25) is 5.91 Å². The topological polar surface area (TPSA) is 93.5 Å². The van der Waals surface area contributed by atoms with Gasteiger partial charge in [-0.15, -0.1) is 0 Å². The van der Waals surface area contributed by atoms with E-state index in [4.69, 9.17) is 22.1 Å². The maximum absolute atomic E-state index is 11.7. The van der Waals surface area contributed by atoms with Crippen molar-refractivity contribution in [3.05, 3.63) is 28.8 Å². The van der Waals surface area contributed by atoms with Crippen molar-refractivity contribution in [2.45, 2.75) is 6.04 Å². The fraction of sp³-hybridized carbons (Fsp3) is 0.333. The van der Waals surface area contributed by atoms with Crippen LogP contribution in [-0.2, 0) is 9.53 Å². The predicted octanol–water partition coefficient (Wildman–Crippen LogP) is 0.612. The van der Waals surface area contributed by atoms with E-state index in [2.05, 4.69) is 10.6 Å². The van der Waals surface area contributed by atoms with Gasteiger partial charge in [0.25, 0.3) is 5.91 Å². The molecule has 6 nitrogen and oxygen atoms in total. The van der Waals surface area contributed by atoms with E-state index in [1.807, 2.05) is 0 Å². The van der Waals surface area contributed by atoms with Crippen molar-refractivity contribution in [3.63, 3.8) is 0 Å². The smallest absolute Gasteiger partial charge is 0.251 e. The van der Waals surface area contributed by atoms with E-state index < -0.39 is 11.9 Å². The SMILES string of the molecule is CNC(=O)c1ccc(Cl)c(NC(=O)C(N)COC)c1. The molecule has 1 aromatic carbocycles. The van der Waals surface area contributed by atoms with Gasteiger partial charge in [-0.3, -0.25) is 9.59 Å². The molecule has 0 aliphatic rings. The van der Waals surface area contributed by atoms with E-state index in [0.29, 0.717) is 16.3 Å². The quantitative estimate of drug-likeness (QED) is 0.739. The fourth-order valence-corrected chi connectivity index (χ4v) is 1.55. The standard InChI is InChI=1S/C12H16ClN3O3/c1-15-11(17)7-3-4-8(13)10(5-7)16-12(18)9(14)6-19-2/h3-5,9H,6,14H2,1-2H3,(H,15,17)(H,16,18). The number of carbonyl (C=O) groups excluding carboxylic acids is 2. The summed E-state index contributed by atoms with van der Waals surface area (Å²) in [5.41, 5.74) is 6.31. The Morgan fingerprint density at radius 2 is 2.16 bits per heavy atom. The second-order valence-corrected chi connectivity index (χ2v) is 4.23. The van der Waals surface area contributed by atoms with Crippen molar-refractivity contribution < 1.29 is 14.3 Å². The van der Waals surface area contributed by atoms with Gasteiger partial charge in [0, 0.05) is 19.7 Å². The maximum Gasteiger partial charge on any atom is 0.251 e. The minimum Gasteiger partial charge on any atom is -0.383 e. The molecule has 19 heavy (non-hydrogen) atoms. The molecule has 4 N–H and O–H groups in total. The first-order valence-corrected chi connectivity index (χ1v) is 5.94. The van der Waals surface area contributed by atoms with E-state index in [-0.39, 0.29) is 12.5 Å². The molecule has 0 saturated carbocycles. The molecule has 0 aliphatic heterocycles. The molecule has 2 amide bonds. The number of nitrogens with one attached hydrogen (secondary N) is 2. The molecule has 7 heteroatoms. The van der Waals surface area contributed by atoms with Gasteiger partial charge in [0.1, 0.15) is 6.04 Å². The number of amides is 2. The Kier molecular flexibility index (Phi) is 5.75. The Bertz CT molecular complexity index is 479. The van der Waals surface area contributed by atoms with E-state index >= 15 is 0 Å². The Morgan fingerprint density at radius 1 is 1.47 bits per heavy atom. The second kappa shape index (κ2) is 7.08. The average Bonchev–Trinajstić information content (AvgIpc) is 2.40. The fourth-order valence-electron chi connectivity index (χ4n) is 1.39. The summed E-state index contributed by atoms with van der Waals surface area (Å²) in [6, 6.07) is 3.78. The molecule has 0 bridgehead atoms. The third-order valence-electron chi connectivity index (χ3n) is 2.40. The first-order valence-electron chi connectivity index (χ1n) is 5.56. The largest absolute Gasteiger partial charge is 0.383 e. The molecular formula is C12H16ClN3O3. The number of carbonyl (C=O) groups is 2. The normalized spacial score (nSPS) is 11.8. The van der Waals surface area contributed by atoms with Crippen molar-refractivity contribution in [1.29, 1.82) is 0 Å². The van der Waals surface area contributed by atoms with Crippen LogP contribution in [0.15, 0.2) is 18.2 Å². The van der Waals surface area contributed by atoms with Crippen LogP contribution in [0.2, 0.25) is 5.02 Å². The van der Waals surface area contributed by atoms with E-state index in [9.17, 15) is 9.59 Å². The molecule has 1 atom stereocenters. The van der Waals surface area contributed by atoms with Crippen molar-refractivity contribution >= 4 is 29.1 Å². The molecule has 104 valence electrons. The molecule has 0 spiro atoms. The monoisotopic (exact) mass is 285 g/mol. The Balaban J connectivity index is 2.88. The summed E-state index contributed by atoms with van der Waals surface area (Å²) >= 11 is 5.95. The highest BCUT2D eigenvalue weighted by atomic mass is 35.5. The molecule has 1 unspecified atom stereocenters. The van der Waals surface area contributed by atoms with Crippen LogP contribution in [0.1, 0.15) is 10.4 Å². The van der Waals surface area contributed by atoms with Crippen LogP contribution in [0.3, 0.4) is 0 Å². The summed E-state index contributed by atoms with van der Waals surface area (Å²) in [5, 5.41) is 5.37. The molecule has 0 aliphatic carbocycles. The van der Waals surface area contributed by atoms with Gasteiger partial charge >= 0.3 is 0 Å². The Labute approximate surface area is 116 Å². The molecule has 0 fully saturated rings. The highest BCUT2D eigenvalue weighted by Gasteiger charge is 2.15. The minimum absolute atomic E-state index is 0.0958. The van der Waals surface area contributed by atoms with Gasteiger partial charge in [-0.05, 0) is 18.2 Å². The van der Waals surface area contributed by atoms with E-state index in [1.165, 1.54) is 26.3 Å². The van der Waals surface area contributed by atoms with Crippen molar-refractivity contribution in [1.82, 2.24) is 5.32 Å². The number of hydrogen-bond acceptors (Lipinski definition) is 4. The number of benzene rings is 1. The molecule has 1 rings (SSSR count). The number of hydrogen-bond donors (Lipinski definition) is 3. The lowest BCUT2D eigenvalue weighted by Gasteiger charge is -2.13. The molecule has 0 heterocycles. The van der Waals surface area contributed by atoms with Gasteiger partial charge in [-0.2, -0.15) is 0 Å². The van der Waals surface area contributed by atoms with Crippen molar-refractivity contribution in [2.24, 2.45) is 5.73 Å². The lowest BCUT2D eigenvalue weighted by molar-refractivity contribution is -0.118. The van der Waals surface area contributed by atoms with Crippen LogP contribution in [0.5, 0.6) is 0 Å².